The molecule has 0 atom stereocenters. The maximum Gasteiger partial charge on any atom is 0.471 e. The van der Waals surface area contributed by atoms with E-state index >= 15 is 0 Å². The van der Waals surface area contributed by atoms with Crippen LogP contribution in [0, 0.1) is 10.1 Å². The van der Waals surface area contributed by atoms with Crippen molar-refractivity contribution in [3.63, 3.8) is 0 Å². The minimum absolute atomic E-state index is 0.0354. The smallest absolute Gasteiger partial charge is 0.461 e. The number of alkyl halides is 3. The first-order valence-corrected chi connectivity index (χ1v) is 8.34. The van der Waals surface area contributed by atoms with Gasteiger partial charge in [0, 0.05) is 50.9 Å². The van der Waals surface area contributed by atoms with Gasteiger partial charge in [-0.1, -0.05) is 0 Å². The number of nitrogens with zero attached hydrogens (tertiary/aromatic N) is 3. The first-order chi connectivity index (χ1) is 13.2. The van der Waals surface area contributed by atoms with Crippen molar-refractivity contribution in [2.75, 3.05) is 39.3 Å². The Hall–Kier alpha value is -2.95. The molecule has 0 radical (unpaired) electrons. The van der Waals surface area contributed by atoms with Crippen molar-refractivity contribution < 1.29 is 32.4 Å². The third-order valence-electron chi connectivity index (χ3n) is 4.07. The summed E-state index contributed by atoms with van der Waals surface area (Å²) in [5.41, 5.74) is 0.532. The van der Waals surface area contributed by atoms with Crippen molar-refractivity contribution in [3.05, 3.63) is 46.0 Å². The molecule has 0 aliphatic carbocycles. The van der Waals surface area contributed by atoms with Crippen LogP contribution in [0.2, 0.25) is 0 Å². The van der Waals surface area contributed by atoms with Crippen LogP contribution >= 0.6 is 0 Å². The highest BCUT2D eigenvalue weighted by Gasteiger charge is 2.43. The second kappa shape index (κ2) is 9.31. The van der Waals surface area contributed by atoms with E-state index in [0.717, 1.165) is 4.90 Å². The lowest BCUT2D eigenvalue weighted by molar-refractivity contribution is -0.384. The molecule has 1 aliphatic heterocycles. The average molecular weight is 401 g/mol. The number of benzene rings is 1. The lowest BCUT2D eigenvalue weighted by atomic mass is 10.2. The highest BCUT2D eigenvalue weighted by molar-refractivity contribution is 5.87. The number of carbonyl (C=O) groups excluding carboxylic acids is 2. The van der Waals surface area contributed by atoms with Gasteiger partial charge in [-0.3, -0.25) is 19.8 Å². The van der Waals surface area contributed by atoms with E-state index in [4.69, 9.17) is 4.74 Å². The number of piperazine rings is 1. The predicted octanol–water partition coefficient (Wildman–Crippen LogP) is 1.86. The Morgan fingerprint density at radius 3 is 2.29 bits per heavy atom. The van der Waals surface area contributed by atoms with Gasteiger partial charge in [0.15, 0.2) is 0 Å². The molecule has 0 unspecified atom stereocenters. The Morgan fingerprint density at radius 1 is 1.14 bits per heavy atom. The van der Waals surface area contributed by atoms with Crippen LogP contribution in [0.5, 0.6) is 0 Å². The number of ether oxygens (including phenoxy) is 1. The fraction of sp³-hybridized carbons (Fsp3) is 0.412. The lowest BCUT2D eigenvalue weighted by Crippen LogP contribution is -2.52. The molecule has 1 aromatic rings. The van der Waals surface area contributed by atoms with E-state index < -0.39 is 23.0 Å². The highest BCUT2D eigenvalue weighted by atomic mass is 19.4. The quantitative estimate of drug-likeness (QED) is 0.313. The fourth-order valence-corrected chi connectivity index (χ4v) is 2.55. The van der Waals surface area contributed by atoms with Gasteiger partial charge in [-0.15, -0.1) is 0 Å². The SMILES string of the molecule is O=C(/C=C/c1ccc([N+](=O)[O-])cc1)OCCN1CCN(C(=O)C(F)(F)F)CC1. The third kappa shape index (κ3) is 6.34. The molecule has 0 aromatic heterocycles. The number of hydrogen-bond acceptors (Lipinski definition) is 6. The number of carbonyl (C=O) groups is 2. The summed E-state index contributed by atoms with van der Waals surface area (Å²) >= 11 is 0. The summed E-state index contributed by atoms with van der Waals surface area (Å²) in [5, 5.41) is 10.6. The number of hydrogen-bond donors (Lipinski definition) is 0. The number of non-ortho nitro benzene ring substituents is 1. The van der Waals surface area contributed by atoms with Crippen molar-refractivity contribution >= 4 is 23.6 Å². The molecule has 1 heterocycles. The van der Waals surface area contributed by atoms with Crippen LogP contribution in [-0.4, -0.2) is 72.1 Å². The second-order valence-electron chi connectivity index (χ2n) is 5.98. The van der Waals surface area contributed by atoms with Gasteiger partial charge in [0.25, 0.3) is 5.69 Å². The van der Waals surface area contributed by atoms with E-state index in [2.05, 4.69) is 0 Å². The standard InChI is InChI=1S/C17H18F3N3O5/c18-17(19,20)16(25)22-9-7-21(8-10-22)11-12-28-15(24)6-3-13-1-4-14(5-2-13)23(26)27/h1-6H,7-12H2/b6-3+. The molecule has 8 nitrogen and oxygen atoms in total. The van der Waals surface area contributed by atoms with Crippen LogP contribution < -0.4 is 0 Å². The summed E-state index contributed by atoms with van der Waals surface area (Å²) in [6.07, 6.45) is -2.23. The molecule has 11 heteroatoms. The number of esters is 1. The van der Waals surface area contributed by atoms with Gasteiger partial charge in [0.05, 0.1) is 4.92 Å². The van der Waals surface area contributed by atoms with Gasteiger partial charge in [-0.2, -0.15) is 13.2 Å². The fourth-order valence-electron chi connectivity index (χ4n) is 2.55. The Bertz CT molecular complexity index is 741. The van der Waals surface area contributed by atoms with Crippen LogP contribution in [0.3, 0.4) is 0 Å². The second-order valence-corrected chi connectivity index (χ2v) is 5.98. The van der Waals surface area contributed by atoms with Gasteiger partial charge < -0.3 is 9.64 Å². The molecular formula is C17H18F3N3O5. The first-order valence-electron chi connectivity index (χ1n) is 8.34. The van der Waals surface area contributed by atoms with E-state index in [0.29, 0.717) is 12.1 Å². The van der Waals surface area contributed by atoms with Gasteiger partial charge in [0.1, 0.15) is 6.61 Å². The molecule has 0 N–H and O–H groups in total. The van der Waals surface area contributed by atoms with Crippen LogP contribution in [0.4, 0.5) is 18.9 Å². The van der Waals surface area contributed by atoms with Crippen molar-refractivity contribution in [2.45, 2.75) is 6.18 Å². The number of halogens is 3. The largest absolute Gasteiger partial charge is 0.471 e. The Balaban J connectivity index is 1.69. The third-order valence-corrected chi connectivity index (χ3v) is 4.07. The lowest BCUT2D eigenvalue weighted by Gasteiger charge is -2.34. The van der Waals surface area contributed by atoms with Crippen molar-refractivity contribution in [1.29, 1.82) is 0 Å². The monoisotopic (exact) mass is 401 g/mol. The van der Waals surface area contributed by atoms with Crippen LogP contribution in [0.25, 0.3) is 6.08 Å². The Morgan fingerprint density at radius 2 is 1.75 bits per heavy atom. The molecule has 152 valence electrons. The summed E-state index contributed by atoms with van der Waals surface area (Å²) in [5.74, 6) is -2.45. The maximum absolute atomic E-state index is 12.4. The Kier molecular flexibility index (Phi) is 7.10. The van der Waals surface area contributed by atoms with Gasteiger partial charge in [0.2, 0.25) is 0 Å². The van der Waals surface area contributed by atoms with E-state index in [-0.39, 0.29) is 38.5 Å². The summed E-state index contributed by atoms with van der Waals surface area (Å²) in [6, 6.07) is 5.61. The van der Waals surface area contributed by atoms with E-state index in [1.54, 1.807) is 4.90 Å². The topological polar surface area (TPSA) is 93.0 Å². The molecule has 1 aromatic carbocycles. The molecule has 0 bridgehead atoms. The van der Waals surface area contributed by atoms with Crippen LogP contribution in [0.15, 0.2) is 30.3 Å². The zero-order chi connectivity index (χ0) is 20.7. The predicted molar refractivity (Wildman–Crippen MR) is 92.2 cm³/mol. The zero-order valence-corrected chi connectivity index (χ0v) is 14.7. The normalized spacial score (nSPS) is 15.6. The summed E-state index contributed by atoms with van der Waals surface area (Å²) in [7, 11) is 0. The Labute approximate surface area is 158 Å². The molecule has 28 heavy (non-hydrogen) atoms. The molecule has 0 saturated carbocycles. The molecule has 1 saturated heterocycles. The van der Waals surface area contributed by atoms with Crippen molar-refractivity contribution in [3.8, 4) is 0 Å². The van der Waals surface area contributed by atoms with Gasteiger partial charge in [-0.25, -0.2) is 4.79 Å². The van der Waals surface area contributed by atoms with E-state index in [9.17, 15) is 32.9 Å². The summed E-state index contributed by atoms with van der Waals surface area (Å²) in [4.78, 5) is 35.4. The average Bonchev–Trinajstić information content (AvgIpc) is 2.66. The molecular weight excluding hydrogens is 383 g/mol. The van der Waals surface area contributed by atoms with Crippen molar-refractivity contribution in [1.82, 2.24) is 9.80 Å². The minimum Gasteiger partial charge on any atom is -0.461 e. The number of rotatable bonds is 6. The molecule has 1 aliphatic rings. The number of amides is 1. The maximum atomic E-state index is 12.4. The molecule has 0 spiro atoms. The van der Waals surface area contributed by atoms with Crippen LogP contribution in [-0.2, 0) is 14.3 Å². The van der Waals surface area contributed by atoms with E-state index in [1.165, 1.54) is 36.4 Å². The minimum atomic E-state index is -4.87. The van der Waals surface area contributed by atoms with E-state index in [1.807, 2.05) is 0 Å². The van der Waals surface area contributed by atoms with Gasteiger partial charge >= 0.3 is 18.1 Å². The van der Waals surface area contributed by atoms with Crippen molar-refractivity contribution in [2.24, 2.45) is 0 Å². The summed E-state index contributed by atoms with van der Waals surface area (Å²) in [6.45, 7) is 0.844. The van der Waals surface area contributed by atoms with Crippen LogP contribution in [0.1, 0.15) is 5.56 Å². The molecule has 1 amide bonds. The summed E-state index contributed by atoms with van der Waals surface area (Å²) < 4.78 is 42.1. The number of nitro benzene ring substituents is 1. The zero-order valence-electron chi connectivity index (χ0n) is 14.7. The highest BCUT2D eigenvalue weighted by Crippen LogP contribution is 2.19. The molecule has 1 fully saturated rings. The molecule has 2 rings (SSSR count). The first kappa shape index (κ1) is 21.4. The number of nitro groups is 1. The van der Waals surface area contributed by atoms with Gasteiger partial charge in [-0.05, 0) is 23.8 Å².